The summed E-state index contributed by atoms with van der Waals surface area (Å²) >= 11 is 5.49. The summed E-state index contributed by atoms with van der Waals surface area (Å²) in [5.41, 5.74) is 0. The molecular formula is C7H16ClNO. The molecular weight excluding hydrogens is 150 g/mol. The van der Waals surface area contributed by atoms with Crippen molar-refractivity contribution in [1.29, 1.82) is 0 Å². The Balaban J connectivity index is 3.94. The number of hydroxylamine groups is 3. The summed E-state index contributed by atoms with van der Waals surface area (Å²) in [6, 6.07) is 0.128. The fourth-order valence-electron chi connectivity index (χ4n) is 0.925. The van der Waals surface area contributed by atoms with Crippen LogP contribution in [0.15, 0.2) is 0 Å². The Morgan fingerprint density at radius 2 is 2.00 bits per heavy atom. The van der Waals surface area contributed by atoms with Gasteiger partial charge in [-0.3, -0.25) is 0 Å². The van der Waals surface area contributed by atoms with Crippen LogP contribution < -0.4 is 0 Å². The van der Waals surface area contributed by atoms with Gasteiger partial charge < -0.3 is 9.85 Å². The Hall–Kier alpha value is 0.210. The zero-order chi connectivity index (χ0) is 8.20. The normalized spacial score (nSPS) is 17.4. The SMILES string of the molecule is CC[N+]([O-])(CCCl)C(C)C. The zero-order valence-electron chi connectivity index (χ0n) is 6.93. The topological polar surface area (TPSA) is 23.1 Å². The van der Waals surface area contributed by atoms with Gasteiger partial charge in [0.15, 0.2) is 0 Å². The van der Waals surface area contributed by atoms with Crippen LogP contribution in [-0.2, 0) is 0 Å². The number of hydrogen-bond donors (Lipinski definition) is 0. The Kier molecular flexibility index (Phi) is 4.25. The van der Waals surface area contributed by atoms with Gasteiger partial charge in [0.2, 0.25) is 0 Å². The molecule has 0 aromatic rings. The largest absolute Gasteiger partial charge is 0.633 e. The molecule has 0 radical (unpaired) electrons. The predicted molar refractivity (Wildman–Crippen MR) is 44.9 cm³/mol. The van der Waals surface area contributed by atoms with Crippen LogP contribution in [0.25, 0.3) is 0 Å². The molecule has 62 valence electrons. The van der Waals surface area contributed by atoms with E-state index >= 15 is 0 Å². The van der Waals surface area contributed by atoms with Crippen LogP contribution in [0.4, 0.5) is 0 Å². The van der Waals surface area contributed by atoms with E-state index in [1.807, 2.05) is 20.8 Å². The second-order valence-corrected chi connectivity index (χ2v) is 3.15. The highest BCUT2D eigenvalue weighted by molar-refractivity contribution is 6.17. The Bertz CT molecular complexity index is 97.6. The van der Waals surface area contributed by atoms with Crippen LogP contribution in [0.5, 0.6) is 0 Å². The summed E-state index contributed by atoms with van der Waals surface area (Å²) in [6.07, 6.45) is 0. The van der Waals surface area contributed by atoms with E-state index in [1.54, 1.807) is 0 Å². The number of quaternary nitrogens is 1. The molecule has 0 bridgehead atoms. The van der Waals surface area contributed by atoms with Crippen LogP contribution in [0.2, 0.25) is 0 Å². The van der Waals surface area contributed by atoms with E-state index in [0.717, 1.165) is 0 Å². The molecule has 0 aromatic carbocycles. The third-order valence-corrected chi connectivity index (χ3v) is 2.11. The van der Waals surface area contributed by atoms with Crippen molar-refractivity contribution >= 4 is 11.6 Å². The highest BCUT2D eigenvalue weighted by Crippen LogP contribution is 2.10. The van der Waals surface area contributed by atoms with Crippen molar-refractivity contribution in [2.75, 3.05) is 19.0 Å². The minimum Gasteiger partial charge on any atom is -0.633 e. The molecule has 0 fully saturated rings. The van der Waals surface area contributed by atoms with Crippen LogP contribution >= 0.6 is 11.6 Å². The maximum atomic E-state index is 11.6. The first-order valence-electron chi connectivity index (χ1n) is 3.70. The molecule has 0 heterocycles. The molecule has 1 atom stereocenters. The molecule has 0 spiro atoms. The molecule has 2 nitrogen and oxygen atoms in total. The van der Waals surface area contributed by atoms with E-state index < -0.39 is 0 Å². The fourth-order valence-corrected chi connectivity index (χ4v) is 1.21. The van der Waals surface area contributed by atoms with Gasteiger partial charge >= 0.3 is 0 Å². The molecule has 0 aliphatic carbocycles. The third-order valence-electron chi connectivity index (χ3n) is 1.94. The first-order chi connectivity index (χ1) is 4.56. The van der Waals surface area contributed by atoms with Crippen molar-refractivity contribution in [3.05, 3.63) is 5.21 Å². The molecule has 0 amide bonds. The summed E-state index contributed by atoms with van der Waals surface area (Å²) in [7, 11) is 0. The molecule has 0 saturated heterocycles. The summed E-state index contributed by atoms with van der Waals surface area (Å²) < 4.78 is -0.163. The molecule has 0 rings (SSSR count). The van der Waals surface area contributed by atoms with E-state index in [0.29, 0.717) is 19.0 Å². The maximum absolute atomic E-state index is 11.6. The lowest BCUT2D eigenvalue weighted by Gasteiger charge is -2.45. The first-order valence-corrected chi connectivity index (χ1v) is 4.24. The Morgan fingerprint density at radius 3 is 2.10 bits per heavy atom. The summed E-state index contributed by atoms with van der Waals surface area (Å²) in [5.74, 6) is 0.454. The van der Waals surface area contributed by atoms with Crippen LogP contribution in [-0.4, -0.2) is 29.7 Å². The third kappa shape index (κ3) is 2.45. The highest BCUT2D eigenvalue weighted by atomic mass is 35.5. The van der Waals surface area contributed by atoms with Crippen molar-refractivity contribution in [3.63, 3.8) is 0 Å². The monoisotopic (exact) mass is 165 g/mol. The molecule has 1 unspecified atom stereocenters. The van der Waals surface area contributed by atoms with Gasteiger partial charge in [-0.2, -0.15) is 0 Å². The molecule has 0 saturated carbocycles. The number of alkyl halides is 1. The Morgan fingerprint density at radius 1 is 1.50 bits per heavy atom. The van der Waals surface area contributed by atoms with E-state index in [-0.39, 0.29) is 10.7 Å². The fraction of sp³-hybridized carbons (Fsp3) is 1.00. The van der Waals surface area contributed by atoms with Gasteiger partial charge in [-0.1, -0.05) is 0 Å². The lowest BCUT2D eigenvalue weighted by atomic mass is 10.3. The number of rotatable bonds is 4. The minimum absolute atomic E-state index is 0.128. The van der Waals surface area contributed by atoms with E-state index in [1.165, 1.54) is 0 Å². The molecule has 0 aliphatic heterocycles. The van der Waals surface area contributed by atoms with Crippen molar-refractivity contribution < 1.29 is 4.65 Å². The van der Waals surface area contributed by atoms with Gasteiger partial charge in [0, 0.05) is 0 Å². The standard InChI is InChI=1S/C7H16ClNO/c1-4-9(10,6-5-8)7(2)3/h7H,4-6H2,1-3H3. The molecule has 0 aliphatic rings. The number of halogens is 1. The minimum atomic E-state index is -0.163. The smallest absolute Gasteiger partial charge is 0.0923 e. The van der Waals surface area contributed by atoms with Gasteiger partial charge in [-0.15, -0.1) is 11.6 Å². The van der Waals surface area contributed by atoms with Crippen molar-refractivity contribution in [2.45, 2.75) is 26.8 Å². The van der Waals surface area contributed by atoms with Gasteiger partial charge in [-0.05, 0) is 20.8 Å². The molecule has 10 heavy (non-hydrogen) atoms. The Labute approximate surface area is 68.0 Å². The lowest BCUT2D eigenvalue weighted by molar-refractivity contribution is -0.897. The van der Waals surface area contributed by atoms with E-state index in [9.17, 15) is 5.21 Å². The average Bonchev–Trinajstić information content (AvgIpc) is 1.88. The summed E-state index contributed by atoms with van der Waals surface area (Å²) in [4.78, 5) is 0. The molecule has 0 N–H and O–H groups in total. The van der Waals surface area contributed by atoms with Gasteiger partial charge in [-0.25, -0.2) is 0 Å². The highest BCUT2D eigenvalue weighted by Gasteiger charge is 2.17. The van der Waals surface area contributed by atoms with E-state index in [4.69, 9.17) is 11.6 Å². The van der Waals surface area contributed by atoms with Crippen LogP contribution in [0.3, 0.4) is 0 Å². The van der Waals surface area contributed by atoms with Crippen LogP contribution in [0, 0.1) is 5.21 Å². The lowest BCUT2D eigenvalue weighted by Crippen LogP contribution is -2.48. The molecule has 0 aromatic heterocycles. The number of hydrogen-bond acceptors (Lipinski definition) is 1. The quantitative estimate of drug-likeness (QED) is 0.355. The van der Waals surface area contributed by atoms with Crippen LogP contribution in [0.1, 0.15) is 20.8 Å². The second-order valence-electron chi connectivity index (χ2n) is 2.77. The molecule has 3 heteroatoms. The number of nitrogens with zero attached hydrogens (tertiary/aromatic N) is 1. The van der Waals surface area contributed by atoms with E-state index in [2.05, 4.69) is 0 Å². The van der Waals surface area contributed by atoms with Crippen molar-refractivity contribution in [1.82, 2.24) is 0 Å². The summed E-state index contributed by atoms with van der Waals surface area (Å²) in [5, 5.41) is 11.6. The van der Waals surface area contributed by atoms with Gasteiger partial charge in [0.05, 0.1) is 25.0 Å². The average molecular weight is 166 g/mol. The van der Waals surface area contributed by atoms with Gasteiger partial charge in [0.1, 0.15) is 0 Å². The first kappa shape index (κ1) is 10.2. The maximum Gasteiger partial charge on any atom is 0.0923 e. The zero-order valence-corrected chi connectivity index (χ0v) is 7.69. The second kappa shape index (κ2) is 4.16. The summed E-state index contributed by atoms with van der Waals surface area (Å²) in [6.45, 7) is 6.91. The van der Waals surface area contributed by atoms with Gasteiger partial charge in [0.25, 0.3) is 0 Å². The van der Waals surface area contributed by atoms with Crippen molar-refractivity contribution in [2.24, 2.45) is 0 Å². The van der Waals surface area contributed by atoms with Crippen molar-refractivity contribution in [3.8, 4) is 0 Å². The predicted octanol–water partition coefficient (Wildman–Crippen LogP) is 1.97.